The van der Waals surface area contributed by atoms with E-state index in [-0.39, 0.29) is 5.97 Å². The summed E-state index contributed by atoms with van der Waals surface area (Å²) >= 11 is 2.82. The number of aromatic nitrogens is 1. The number of carbonyl (C=O) groups excluding carboxylic acids is 1. The molecule has 0 radical (unpaired) electrons. The third-order valence-corrected chi connectivity index (χ3v) is 5.65. The predicted molar refractivity (Wildman–Crippen MR) is 95.2 cm³/mol. The van der Waals surface area contributed by atoms with Crippen LogP contribution in [-0.4, -0.2) is 38.9 Å². The fourth-order valence-corrected chi connectivity index (χ4v) is 4.27. The molecule has 0 amide bonds. The van der Waals surface area contributed by atoms with E-state index in [1.54, 1.807) is 18.2 Å². The van der Waals surface area contributed by atoms with E-state index in [9.17, 15) is 9.59 Å². The first kappa shape index (κ1) is 16.9. The highest BCUT2D eigenvalue weighted by atomic mass is 32.2. The maximum atomic E-state index is 11.7. The number of thioether (sulfide) groups is 1. The van der Waals surface area contributed by atoms with Crippen LogP contribution < -0.4 is 4.74 Å². The summed E-state index contributed by atoms with van der Waals surface area (Å²) in [7, 11) is 0. The number of carboxylic acids is 1. The summed E-state index contributed by atoms with van der Waals surface area (Å²) in [6, 6.07) is 4.60. The van der Waals surface area contributed by atoms with E-state index in [2.05, 4.69) is 9.98 Å². The van der Waals surface area contributed by atoms with Gasteiger partial charge in [0, 0.05) is 18.2 Å². The minimum atomic E-state index is -0.917. The zero-order valence-electron chi connectivity index (χ0n) is 13.0. The standard InChI is InChI=1S/C16H16N2O4S2/c1-2-3-4-13(19)22-9-5-6-10-12(7-9)24-15(17-10)14-18-11(8-23-14)16(20)21/h5-7,11H,2-4,8H2,1H3,(H,20,21). The second kappa shape index (κ2) is 7.31. The molecule has 1 aromatic carbocycles. The number of aliphatic carboxylic acids is 1. The fraction of sp³-hybridized carbons (Fsp3) is 0.375. The molecule has 0 fully saturated rings. The van der Waals surface area contributed by atoms with Crippen LogP contribution in [0.3, 0.4) is 0 Å². The molecule has 0 saturated carbocycles. The van der Waals surface area contributed by atoms with Crippen molar-refractivity contribution in [3.05, 3.63) is 23.2 Å². The monoisotopic (exact) mass is 364 g/mol. The predicted octanol–water partition coefficient (Wildman–Crippen LogP) is 3.34. The summed E-state index contributed by atoms with van der Waals surface area (Å²) in [5, 5.41) is 10.4. The molecule has 8 heteroatoms. The largest absolute Gasteiger partial charge is 0.480 e. The Labute approximate surface area is 147 Å². The van der Waals surface area contributed by atoms with E-state index in [4.69, 9.17) is 9.84 Å². The first-order valence-electron chi connectivity index (χ1n) is 7.62. The van der Waals surface area contributed by atoms with Gasteiger partial charge in [-0.25, -0.2) is 9.78 Å². The third-order valence-electron chi connectivity index (χ3n) is 3.45. The Hall–Kier alpha value is -1.93. The van der Waals surface area contributed by atoms with Crippen molar-refractivity contribution in [2.75, 3.05) is 5.75 Å². The van der Waals surface area contributed by atoms with Gasteiger partial charge in [-0.2, -0.15) is 0 Å². The van der Waals surface area contributed by atoms with Crippen LogP contribution in [0.5, 0.6) is 5.75 Å². The minimum Gasteiger partial charge on any atom is -0.480 e. The van der Waals surface area contributed by atoms with Gasteiger partial charge in [0.05, 0.1) is 10.2 Å². The van der Waals surface area contributed by atoms with E-state index in [0.717, 1.165) is 23.1 Å². The summed E-state index contributed by atoms with van der Waals surface area (Å²) in [5.74, 6) is -0.218. The number of hydrogen-bond acceptors (Lipinski definition) is 7. The lowest BCUT2D eigenvalue weighted by Crippen LogP contribution is -2.17. The average molecular weight is 364 g/mol. The van der Waals surface area contributed by atoms with Crippen molar-refractivity contribution in [3.63, 3.8) is 0 Å². The molecule has 0 aliphatic carbocycles. The number of hydrogen-bond donors (Lipinski definition) is 1. The van der Waals surface area contributed by atoms with Gasteiger partial charge in [-0.3, -0.25) is 9.79 Å². The SMILES string of the molecule is CCCCC(=O)Oc1ccc2nc(C3=NC(C(=O)O)CS3)sc2c1. The van der Waals surface area contributed by atoms with Gasteiger partial charge in [0.25, 0.3) is 0 Å². The van der Waals surface area contributed by atoms with Crippen LogP contribution in [0, 0.1) is 0 Å². The molecule has 1 aliphatic rings. The van der Waals surface area contributed by atoms with Crippen LogP contribution in [-0.2, 0) is 9.59 Å². The van der Waals surface area contributed by atoms with Crippen LogP contribution >= 0.6 is 23.1 Å². The number of aliphatic imine (C=N–C) groups is 1. The Balaban J connectivity index is 1.78. The highest BCUT2D eigenvalue weighted by molar-refractivity contribution is 8.15. The maximum Gasteiger partial charge on any atom is 0.329 e. The van der Waals surface area contributed by atoms with E-state index >= 15 is 0 Å². The molecule has 1 unspecified atom stereocenters. The maximum absolute atomic E-state index is 11.7. The normalized spacial score (nSPS) is 17.0. The van der Waals surface area contributed by atoms with E-state index in [1.807, 2.05) is 6.92 Å². The lowest BCUT2D eigenvalue weighted by atomic mass is 10.2. The molecule has 1 N–H and O–H groups in total. The summed E-state index contributed by atoms with van der Waals surface area (Å²) in [6.45, 7) is 2.02. The molecule has 24 heavy (non-hydrogen) atoms. The molecule has 2 heterocycles. The van der Waals surface area contributed by atoms with Crippen molar-refractivity contribution >= 4 is 50.3 Å². The van der Waals surface area contributed by atoms with Gasteiger partial charge in [-0.1, -0.05) is 13.3 Å². The van der Waals surface area contributed by atoms with Crippen LogP contribution in [0.15, 0.2) is 23.2 Å². The fourth-order valence-electron chi connectivity index (χ4n) is 2.18. The molecule has 6 nitrogen and oxygen atoms in total. The van der Waals surface area contributed by atoms with Crippen LogP contribution in [0.1, 0.15) is 31.2 Å². The second-order valence-electron chi connectivity index (χ2n) is 5.33. The number of ether oxygens (including phenoxy) is 1. The van der Waals surface area contributed by atoms with Gasteiger partial charge in [0.15, 0.2) is 6.04 Å². The van der Waals surface area contributed by atoms with Crippen molar-refractivity contribution in [2.45, 2.75) is 32.2 Å². The van der Waals surface area contributed by atoms with Gasteiger partial charge < -0.3 is 9.84 Å². The van der Waals surface area contributed by atoms with Crippen molar-refractivity contribution in [1.82, 2.24) is 4.98 Å². The van der Waals surface area contributed by atoms with Gasteiger partial charge >= 0.3 is 11.9 Å². The Morgan fingerprint density at radius 3 is 2.96 bits per heavy atom. The first-order chi connectivity index (χ1) is 11.6. The molecule has 1 aromatic heterocycles. The van der Waals surface area contributed by atoms with Crippen molar-refractivity contribution in [1.29, 1.82) is 0 Å². The number of rotatable bonds is 6. The molecule has 1 atom stereocenters. The lowest BCUT2D eigenvalue weighted by Gasteiger charge is -2.03. The number of fused-ring (bicyclic) bond motifs is 1. The number of esters is 1. The quantitative estimate of drug-likeness (QED) is 0.625. The zero-order chi connectivity index (χ0) is 17.1. The molecule has 0 bridgehead atoms. The van der Waals surface area contributed by atoms with Gasteiger partial charge in [0.2, 0.25) is 0 Å². The van der Waals surface area contributed by atoms with Crippen LogP contribution in [0.25, 0.3) is 10.2 Å². The van der Waals surface area contributed by atoms with E-state index in [1.165, 1.54) is 23.1 Å². The number of unbranched alkanes of at least 4 members (excludes halogenated alkanes) is 1. The summed E-state index contributed by atoms with van der Waals surface area (Å²) in [6.07, 6.45) is 2.17. The van der Waals surface area contributed by atoms with Crippen molar-refractivity contribution < 1.29 is 19.4 Å². The van der Waals surface area contributed by atoms with Gasteiger partial charge in [0.1, 0.15) is 15.8 Å². The number of benzene rings is 1. The number of thiazole rings is 1. The molecular formula is C16H16N2O4S2. The van der Waals surface area contributed by atoms with E-state index < -0.39 is 12.0 Å². The van der Waals surface area contributed by atoms with Crippen molar-refractivity contribution in [3.8, 4) is 5.75 Å². The van der Waals surface area contributed by atoms with E-state index in [0.29, 0.717) is 28.0 Å². The Bertz CT molecular complexity index is 816. The Kier molecular flexibility index (Phi) is 5.15. The molecular weight excluding hydrogens is 348 g/mol. The number of carbonyl (C=O) groups is 2. The zero-order valence-corrected chi connectivity index (χ0v) is 14.7. The van der Waals surface area contributed by atoms with Gasteiger partial charge in [-0.05, 0) is 18.6 Å². The molecule has 126 valence electrons. The molecule has 2 aromatic rings. The Morgan fingerprint density at radius 1 is 1.42 bits per heavy atom. The highest BCUT2D eigenvalue weighted by Crippen LogP contribution is 2.31. The number of carboxylic acid groups (broad SMARTS) is 1. The average Bonchev–Trinajstić information content (AvgIpc) is 3.18. The van der Waals surface area contributed by atoms with Crippen LogP contribution in [0.2, 0.25) is 0 Å². The Morgan fingerprint density at radius 2 is 2.25 bits per heavy atom. The molecule has 1 aliphatic heterocycles. The first-order valence-corrected chi connectivity index (χ1v) is 9.42. The second-order valence-corrected chi connectivity index (χ2v) is 7.36. The van der Waals surface area contributed by atoms with Crippen LogP contribution in [0.4, 0.5) is 0 Å². The third kappa shape index (κ3) is 3.76. The molecule has 0 spiro atoms. The van der Waals surface area contributed by atoms with Crippen molar-refractivity contribution in [2.24, 2.45) is 4.99 Å². The lowest BCUT2D eigenvalue weighted by molar-refractivity contribution is -0.138. The smallest absolute Gasteiger partial charge is 0.329 e. The molecule has 0 saturated heterocycles. The highest BCUT2D eigenvalue weighted by Gasteiger charge is 2.26. The minimum absolute atomic E-state index is 0.235. The number of nitrogens with zero attached hydrogens (tertiary/aromatic N) is 2. The summed E-state index contributed by atoms with van der Waals surface area (Å²) in [4.78, 5) is 31.4. The topological polar surface area (TPSA) is 88.9 Å². The molecule has 3 rings (SSSR count). The van der Waals surface area contributed by atoms with Gasteiger partial charge in [-0.15, -0.1) is 23.1 Å². The summed E-state index contributed by atoms with van der Waals surface area (Å²) in [5.41, 5.74) is 0.783. The summed E-state index contributed by atoms with van der Waals surface area (Å²) < 4.78 is 6.22.